The maximum Gasteiger partial charge on any atom is 0.0504 e. The smallest absolute Gasteiger partial charge is 0.0504 e. The van der Waals surface area contributed by atoms with Gasteiger partial charge in [0, 0.05) is 0 Å². The highest BCUT2D eigenvalue weighted by atomic mass is 16.5. The van der Waals surface area contributed by atoms with Gasteiger partial charge in [0.05, 0.1) is 13.2 Å². The lowest BCUT2D eigenvalue weighted by Crippen LogP contribution is -1.94. The summed E-state index contributed by atoms with van der Waals surface area (Å²) in [5.41, 5.74) is 0. The first-order valence-corrected chi connectivity index (χ1v) is 3.04. The van der Waals surface area contributed by atoms with Crippen LogP contribution in [0.1, 0.15) is 0 Å². The highest BCUT2D eigenvalue weighted by Crippen LogP contribution is 2.50. The zero-order valence-electron chi connectivity index (χ0n) is 4.76. The molecule has 0 aromatic rings. The monoisotopic (exact) mass is 109 g/mol. The van der Waals surface area contributed by atoms with Crippen LogP contribution in [-0.4, -0.2) is 13.2 Å². The van der Waals surface area contributed by atoms with Crippen LogP contribution in [0.2, 0.25) is 0 Å². The van der Waals surface area contributed by atoms with E-state index in [1.165, 1.54) is 0 Å². The Balaban J connectivity index is 2.03. The fraction of sp³-hybridized carbons (Fsp3) is 0.714. The van der Waals surface area contributed by atoms with Gasteiger partial charge in [-0.05, 0) is 23.8 Å². The molecule has 0 N–H and O–H groups in total. The highest BCUT2D eigenvalue weighted by molar-refractivity contribution is 5.04. The maximum atomic E-state index is 5.17. The molecule has 2 atom stereocenters. The number of rotatable bonds is 1. The van der Waals surface area contributed by atoms with Gasteiger partial charge in [0.25, 0.3) is 0 Å². The molecule has 1 aliphatic carbocycles. The molecule has 8 heavy (non-hydrogen) atoms. The molecule has 1 nitrogen and oxygen atoms in total. The van der Waals surface area contributed by atoms with E-state index in [0.29, 0.717) is 5.92 Å². The van der Waals surface area contributed by atoms with Crippen molar-refractivity contribution in [3.63, 3.8) is 0 Å². The van der Waals surface area contributed by atoms with Crippen LogP contribution in [-0.2, 0) is 4.74 Å². The number of hydrogen-bond acceptors (Lipinski definition) is 1. The Kier molecular flexibility index (Phi) is 0.770. The summed E-state index contributed by atoms with van der Waals surface area (Å²) in [6.45, 7) is 5.54. The van der Waals surface area contributed by atoms with Crippen LogP contribution in [0.3, 0.4) is 0 Å². The predicted molar refractivity (Wildman–Crippen MR) is 30.2 cm³/mol. The SMILES string of the molecule is C=[C]C1C2COCC12. The third kappa shape index (κ3) is 0.402. The van der Waals surface area contributed by atoms with E-state index in [1.807, 2.05) is 0 Å². The zero-order chi connectivity index (χ0) is 5.56. The molecule has 1 heteroatoms. The number of fused-ring (bicyclic) bond motifs is 1. The van der Waals surface area contributed by atoms with Gasteiger partial charge in [0.15, 0.2) is 0 Å². The first-order valence-electron chi connectivity index (χ1n) is 3.04. The number of hydrogen-bond donors (Lipinski definition) is 0. The molecule has 0 aromatic heterocycles. The van der Waals surface area contributed by atoms with E-state index in [2.05, 4.69) is 12.7 Å². The Labute approximate surface area is 49.3 Å². The number of allylic oxidation sites excluding steroid dienone is 1. The van der Waals surface area contributed by atoms with E-state index in [9.17, 15) is 0 Å². The Morgan fingerprint density at radius 3 is 2.38 bits per heavy atom. The largest absolute Gasteiger partial charge is 0.381 e. The van der Waals surface area contributed by atoms with Gasteiger partial charge in [0.1, 0.15) is 0 Å². The van der Waals surface area contributed by atoms with Gasteiger partial charge in [-0.3, -0.25) is 0 Å². The summed E-state index contributed by atoms with van der Waals surface area (Å²) >= 11 is 0. The van der Waals surface area contributed by atoms with Crippen molar-refractivity contribution in [1.82, 2.24) is 0 Å². The lowest BCUT2D eigenvalue weighted by Gasteiger charge is -1.94. The van der Waals surface area contributed by atoms with Gasteiger partial charge in [0.2, 0.25) is 0 Å². The van der Waals surface area contributed by atoms with Crippen molar-refractivity contribution >= 4 is 0 Å². The Morgan fingerprint density at radius 1 is 1.38 bits per heavy atom. The molecule has 1 heterocycles. The Hall–Kier alpha value is -0.300. The summed E-state index contributed by atoms with van der Waals surface area (Å²) in [5, 5.41) is 0. The Bertz CT molecular complexity index is 110. The molecule has 2 unspecified atom stereocenters. The molecule has 0 aromatic carbocycles. The predicted octanol–water partition coefficient (Wildman–Crippen LogP) is 0.868. The van der Waals surface area contributed by atoms with E-state index in [4.69, 9.17) is 4.74 Å². The van der Waals surface area contributed by atoms with Gasteiger partial charge in [-0.25, -0.2) is 0 Å². The second kappa shape index (κ2) is 1.35. The molecule has 2 aliphatic rings. The van der Waals surface area contributed by atoms with Crippen LogP contribution in [0.5, 0.6) is 0 Å². The second-order valence-corrected chi connectivity index (χ2v) is 2.60. The van der Waals surface area contributed by atoms with Gasteiger partial charge >= 0.3 is 0 Å². The fourth-order valence-electron chi connectivity index (χ4n) is 1.54. The molecule has 1 radical (unpaired) electrons. The minimum absolute atomic E-state index is 0.684. The summed E-state index contributed by atoms with van der Waals surface area (Å²) in [4.78, 5) is 0. The molecule has 1 saturated carbocycles. The van der Waals surface area contributed by atoms with Gasteiger partial charge < -0.3 is 4.74 Å². The fourth-order valence-corrected chi connectivity index (χ4v) is 1.54. The normalized spacial score (nSPS) is 50.8. The topological polar surface area (TPSA) is 9.23 Å². The summed E-state index contributed by atoms with van der Waals surface area (Å²) < 4.78 is 5.17. The minimum atomic E-state index is 0.684. The third-order valence-electron chi connectivity index (χ3n) is 2.19. The van der Waals surface area contributed by atoms with Crippen molar-refractivity contribution < 1.29 is 4.74 Å². The molecular weight excluding hydrogens is 100 g/mol. The standard InChI is InChI=1S/C7H9O/c1-2-5-6-3-8-4-7(5)6/h5-7H,1,3-4H2. The molecule has 0 spiro atoms. The van der Waals surface area contributed by atoms with E-state index < -0.39 is 0 Å². The zero-order valence-corrected chi connectivity index (χ0v) is 4.76. The number of ether oxygens (including phenoxy) is 1. The summed E-state index contributed by atoms with van der Waals surface area (Å²) in [7, 11) is 0. The van der Waals surface area contributed by atoms with Crippen LogP contribution >= 0.6 is 0 Å². The van der Waals surface area contributed by atoms with Crippen molar-refractivity contribution in [2.24, 2.45) is 17.8 Å². The van der Waals surface area contributed by atoms with Crippen LogP contribution in [0, 0.1) is 23.8 Å². The van der Waals surface area contributed by atoms with Gasteiger partial charge in [-0.15, -0.1) is 0 Å². The summed E-state index contributed by atoms with van der Waals surface area (Å²) in [6, 6.07) is 0. The molecule has 0 amide bonds. The van der Waals surface area contributed by atoms with E-state index in [0.717, 1.165) is 25.0 Å². The third-order valence-corrected chi connectivity index (χ3v) is 2.19. The quantitative estimate of drug-likeness (QED) is 0.485. The summed E-state index contributed by atoms with van der Waals surface area (Å²) in [6.07, 6.45) is 3.01. The van der Waals surface area contributed by atoms with Crippen LogP contribution in [0.4, 0.5) is 0 Å². The average molecular weight is 109 g/mol. The van der Waals surface area contributed by atoms with Crippen LogP contribution in [0.25, 0.3) is 0 Å². The van der Waals surface area contributed by atoms with Crippen LogP contribution in [0.15, 0.2) is 6.58 Å². The molecule has 1 saturated heterocycles. The van der Waals surface area contributed by atoms with Crippen molar-refractivity contribution in [2.45, 2.75) is 0 Å². The first-order chi connectivity index (χ1) is 3.93. The molecule has 2 fully saturated rings. The highest BCUT2D eigenvalue weighted by Gasteiger charge is 2.52. The van der Waals surface area contributed by atoms with Gasteiger partial charge in [-0.2, -0.15) is 0 Å². The van der Waals surface area contributed by atoms with E-state index in [1.54, 1.807) is 0 Å². The molecule has 2 rings (SSSR count). The van der Waals surface area contributed by atoms with Crippen molar-refractivity contribution in [1.29, 1.82) is 0 Å². The average Bonchev–Trinajstić information content (AvgIpc) is 2.22. The molecule has 1 aliphatic heterocycles. The van der Waals surface area contributed by atoms with E-state index in [-0.39, 0.29) is 0 Å². The van der Waals surface area contributed by atoms with Crippen LogP contribution < -0.4 is 0 Å². The lowest BCUT2D eigenvalue weighted by molar-refractivity contribution is 0.156. The summed E-state index contributed by atoms with van der Waals surface area (Å²) in [5.74, 6) is 2.28. The maximum absolute atomic E-state index is 5.17. The minimum Gasteiger partial charge on any atom is -0.381 e. The van der Waals surface area contributed by atoms with Crippen molar-refractivity contribution in [2.75, 3.05) is 13.2 Å². The molecule has 43 valence electrons. The van der Waals surface area contributed by atoms with Crippen molar-refractivity contribution in [3.8, 4) is 0 Å². The van der Waals surface area contributed by atoms with Crippen molar-refractivity contribution in [3.05, 3.63) is 12.7 Å². The molecular formula is C7H9O. The lowest BCUT2D eigenvalue weighted by atomic mass is 10.3. The second-order valence-electron chi connectivity index (χ2n) is 2.60. The molecule has 0 bridgehead atoms. The van der Waals surface area contributed by atoms with E-state index >= 15 is 0 Å². The van der Waals surface area contributed by atoms with Gasteiger partial charge in [-0.1, -0.05) is 6.58 Å². The Morgan fingerprint density at radius 2 is 2.00 bits per heavy atom. The first kappa shape index (κ1) is 4.57.